The average Bonchev–Trinajstić information content (AvgIpc) is 3.44. The maximum atomic E-state index is 13.1. The number of ketones is 1. The zero-order valence-corrected chi connectivity index (χ0v) is 20.1. The number of carbonyl (C=O) groups excluding carboxylic acids is 3. The van der Waals surface area contributed by atoms with Crippen LogP contribution in [0.4, 0.5) is 5.69 Å². The number of hydrogen-bond donors (Lipinski definition) is 2. The zero-order chi connectivity index (χ0) is 25.2. The number of benzene rings is 2. The highest BCUT2D eigenvalue weighted by molar-refractivity contribution is 6.01. The Bertz CT molecular complexity index is 1520. The van der Waals surface area contributed by atoms with Gasteiger partial charge in [-0.25, -0.2) is 0 Å². The lowest BCUT2D eigenvalue weighted by atomic mass is 9.76. The maximum absolute atomic E-state index is 13.1. The number of ether oxygens (including phenoxy) is 1. The third-order valence-electron chi connectivity index (χ3n) is 6.82. The van der Waals surface area contributed by atoms with Crippen LogP contribution in [0.15, 0.2) is 66.0 Å². The number of H-pyrrole nitrogens is 1. The quantitative estimate of drug-likeness (QED) is 0.412. The molecule has 3 heterocycles. The molecule has 1 aliphatic heterocycles. The monoisotopic (exact) mass is 482 g/mol. The molecule has 2 aromatic heterocycles. The standard InChI is InChI=1S/C27H26N4O2.CO2/c1-3-19-26-18(15-28-19)24(25-21(29-26)11-7-13-23(25)32)16-8-6-9-17(14-16)33-27-30-20-10-4-5-12-22(20)31(27)2;2-1-3/h4-6,8-10,12,14-15,24,28-29H,3,7,11,13H2,1-2H3;. The van der Waals surface area contributed by atoms with Crippen LogP contribution in [0.25, 0.3) is 11.0 Å². The molecule has 1 unspecified atom stereocenters. The Hall–Kier alpha value is -4.42. The summed E-state index contributed by atoms with van der Waals surface area (Å²) >= 11 is 0. The Morgan fingerprint density at radius 2 is 1.94 bits per heavy atom. The molecule has 2 aliphatic rings. The summed E-state index contributed by atoms with van der Waals surface area (Å²) in [5.41, 5.74) is 8.36. The summed E-state index contributed by atoms with van der Waals surface area (Å²) in [6.45, 7) is 2.14. The van der Waals surface area contributed by atoms with E-state index in [1.54, 1.807) is 0 Å². The second kappa shape index (κ2) is 9.68. The third-order valence-corrected chi connectivity index (χ3v) is 6.82. The number of aromatic amines is 1. The van der Waals surface area contributed by atoms with Gasteiger partial charge in [0.25, 0.3) is 0 Å². The topological polar surface area (TPSA) is 106 Å². The number of allylic oxidation sites excluding steroid dienone is 2. The van der Waals surface area contributed by atoms with E-state index in [0.29, 0.717) is 18.2 Å². The predicted octanol–water partition coefficient (Wildman–Crippen LogP) is 5.24. The fourth-order valence-electron chi connectivity index (χ4n) is 5.20. The van der Waals surface area contributed by atoms with Gasteiger partial charge in [-0.3, -0.25) is 9.36 Å². The number of hydrogen-bond acceptors (Lipinski definition) is 6. The second-order valence-corrected chi connectivity index (χ2v) is 8.88. The highest BCUT2D eigenvalue weighted by Crippen LogP contribution is 2.47. The summed E-state index contributed by atoms with van der Waals surface area (Å²) in [4.78, 5) is 37.4. The van der Waals surface area contributed by atoms with Crippen molar-refractivity contribution in [2.45, 2.75) is 38.5 Å². The van der Waals surface area contributed by atoms with E-state index in [9.17, 15) is 4.79 Å². The first-order valence-corrected chi connectivity index (χ1v) is 12.0. The molecule has 36 heavy (non-hydrogen) atoms. The van der Waals surface area contributed by atoms with Crippen LogP contribution in [-0.4, -0.2) is 26.5 Å². The van der Waals surface area contributed by atoms with Gasteiger partial charge >= 0.3 is 12.2 Å². The average molecular weight is 483 g/mol. The number of carbonyl (C=O) groups is 1. The first-order valence-electron chi connectivity index (χ1n) is 12.0. The Morgan fingerprint density at radius 1 is 1.14 bits per heavy atom. The molecular weight excluding hydrogens is 456 g/mol. The normalized spacial score (nSPS) is 16.4. The molecule has 2 N–H and O–H groups in total. The van der Waals surface area contributed by atoms with Crippen molar-refractivity contribution in [3.8, 4) is 11.8 Å². The molecular formula is C28H26N4O4. The lowest BCUT2D eigenvalue weighted by Crippen LogP contribution is -2.26. The van der Waals surface area contributed by atoms with E-state index in [2.05, 4.69) is 34.5 Å². The van der Waals surface area contributed by atoms with Crippen molar-refractivity contribution in [2.75, 3.05) is 5.32 Å². The van der Waals surface area contributed by atoms with E-state index in [4.69, 9.17) is 14.3 Å². The highest BCUT2D eigenvalue weighted by atomic mass is 16.5. The molecule has 0 amide bonds. The number of fused-ring (bicyclic) bond motifs is 2. The van der Waals surface area contributed by atoms with Gasteiger partial charge in [0.15, 0.2) is 5.78 Å². The fraction of sp³-hybridized carbons (Fsp3) is 0.250. The molecule has 4 aromatic rings. The smallest absolute Gasteiger partial charge is 0.373 e. The maximum Gasteiger partial charge on any atom is 0.373 e. The van der Waals surface area contributed by atoms with Crippen LogP contribution in [0.3, 0.4) is 0 Å². The number of nitrogens with one attached hydrogen (secondary N) is 2. The van der Waals surface area contributed by atoms with Crippen LogP contribution in [0, 0.1) is 0 Å². The lowest BCUT2D eigenvalue weighted by Gasteiger charge is -2.33. The molecule has 8 heteroatoms. The molecule has 8 nitrogen and oxygen atoms in total. The summed E-state index contributed by atoms with van der Waals surface area (Å²) in [6, 6.07) is 16.6. The van der Waals surface area contributed by atoms with E-state index in [-0.39, 0.29) is 17.9 Å². The molecule has 0 saturated carbocycles. The Kier molecular flexibility index (Phi) is 6.27. The fourth-order valence-corrected chi connectivity index (χ4v) is 5.20. The van der Waals surface area contributed by atoms with Gasteiger partial charge in [0.1, 0.15) is 5.75 Å². The highest BCUT2D eigenvalue weighted by Gasteiger charge is 2.36. The predicted molar refractivity (Wildman–Crippen MR) is 134 cm³/mol. The molecule has 2 aromatic carbocycles. The molecule has 0 bridgehead atoms. The van der Waals surface area contributed by atoms with Crippen LogP contribution in [-0.2, 0) is 27.9 Å². The summed E-state index contributed by atoms with van der Waals surface area (Å²) < 4.78 is 8.18. The van der Waals surface area contributed by atoms with Crippen LogP contribution in [0.2, 0.25) is 0 Å². The minimum atomic E-state index is -0.107. The zero-order valence-electron chi connectivity index (χ0n) is 20.1. The Balaban J connectivity index is 0.000000848. The van der Waals surface area contributed by atoms with Crippen LogP contribution >= 0.6 is 0 Å². The second-order valence-electron chi connectivity index (χ2n) is 8.88. The van der Waals surface area contributed by atoms with Gasteiger partial charge in [-0.2, -0.15) is 14.6 Å². The number of para-hydroxylation sites is 2. The molecule has 0 saturated heterocycles. The molecule has 182 valence electrons. The van der Waals surface area contributed by atoms with Crippen molar-refractivity contribution in [2.24, 2.45) is 7.05 Å². The number of imidazole rings is 1. The van der Waals surface area contributed by atoms with Crippen LogP contribution in [0.5, 0.6) is 11.8 Å². The largest absolute Gasteiger partial charge is 0.425 e. The number of nitrogens with zero attached hydrogens (tertiary/aromatic N) is 2. The molecule has 0 spiro atoms. The van der Waals surface area contributed by atoms with Gasteiger partial charge in [0.05, 0.1) is 16.7 Å². The number of aryl methyl sites for hydroxylation is 2. The lowest BCUT2D eigenvalue weighted by molar-refractivity contribution is -0.191. The van der Waals surface area contributed by atoms with Gasteiger partial charge in [0, 0.05) is 48.1 Å². The van der Waals surface area contributed by atoms with Gasteiger partial charge in [-0.15, -0.1) is 0 Å². The van der Waals surface area contributed by atoms with Crippen LogP contribution in [0.1, 0.15) is 48.9 Å². The Labute approximate surface area is 208 Å². The van der Waals surface area contributed by atoms with Gasteiger partial charge in [-0.05, 0) is 49.1 Å². The van der Waals surface area contributed by atoms with E-state index in [0.717, 1.165) is 58.4 Å². The number of Topliss-reactive ketones (excluding diaryl/α,β-unsaturated/α-hetero) is 1. The molecule has 6 rings (SSSR count). The number of anilines is 1. The minimum absolute atomic E-state index is 0.107. The number of aromatic nitrogens is 3. The van der Waals surface area contributed by atoms with Crippen molar-refractivity contribution < 1.29 is 19.1 Å². The SMILES string of the molecule is CCc1[nH]cc2c1NC1=C(C(=O)CCC1)C2c1cccc(Oc2nc3ccccc3n2C)c1.O=C=O. The van der Waals surface area contributed by atoms with Gasteiger partial charge < -0.3 is 15.0 Å². The molecule has 0 fully saturated rings. The van der Waals surface area contributed by atoms with Crippen molar-refractivity contribution in [1.29, 1.82) is 0 Å². The third kappa shape index (κ3) is 4.01. The van der Waals surface area contributed by atoms with E-state index >= 15 is 0 Å². The first kappa shape index (κ1) is 23.3. The molecule has 1 aliphatic carbocycles. The minimum Gasteiger partial charge on any atom is -0.425 e. The molecule has 0 radical (unpaired) electrons. The van der Waals surface area contributed by atoms with Gasteiger partial charge in [0.2, 0.25) is 0 Å². The van der Waals surface area contributed by atoms with Crippen molar-refractivity contribution >= 4 is 28.7 Å². The number of rotatable bonds is 4. The van der Waals surface area contributed by atoms with Crippen molar-refractivity contribution in [1.82, 2.24) is 14.5 Å². The van der Waals surface area contributed by atoms with E-state index in [1.807, 2.05) is 54.1 Å². The van der Waals surface area contributed by atoms with Crippen molar-refractivity contribution in [3.05, 3.63) is 82.8 Å². The summed E-state index contributed by atoms with van der Waals surface area (Å²) in [5.74, 6) is 0.840. The van der Waals surface area contributed by atoms with E-state index in [1.165, 1.54) is 5.69 Å². The summed E-state index contributed by atoms with van der Waals surface area (Å²) in [6.07, 6.45) is 5.61. The first-order chi connectivity index (χ1) is 17.5. The van der Waals surface area contributed by atoms with Crippen molar-refractivity contribution in [3.63, 3.8) is 0 Å². The van der Waals surface area contributed by atoms with Gasteiger partial charge in [-0.1, -0.05) is 31.2 Å². The molecule has 1 atom stereocenters. The van der Waals surface area contributed by atoms with E-state index < -0.39 is 0 Å². The summed E-state index contributed by atoms with van der Waals surface area (Å²) in [7, 11) is 1.96. The summed E-state index contributed by atoms with van der Waals surface area (Å²) in [5, 5.41) is 3.59. The van der Waals surface area contributed by atoms with Crippen LogP contribution < -0.4 is 10.1 Å². The Morgan fingerprint density at radius 3 is 2.72 bits per heavy atom.